The summed E-state index contributed by atoms with van der Waals surface area (Å²) in [5.41, 5.74) is 4.03. The first kappa shape index (κ1) is 26.5. The Morgan fingerprint density at radius 1 is 0.554 bits per heavy atom. The number of aromatic nitrogens is 6. The van der Waals surface area contributed by atoms with Gasteiger partial charge in [0.15, 0.2) is 0 Å². The van der Waals surface area contributed by atoms with Crippen LogP contribution in [-0.4, -0.2) is 48.3 Å². The van der Waals surface area contributed by atoms with Crippen LogP contribution in [0.5, 0.6) is 0 Å². The molecule has 2 unspecified atom stereocenters. The molecule has 0 N–H and O–H groups in total. The Labute approximate surface area is 403 Å². The minimum absolute atomic E-state index is 0.0299. The van der Waals surface area contributed by atoms with Crippen LogP contribution in [0.4, 0.5) is 11.6 Å². The molecule has 4 heterocycles. The first-order valence-corrected chi connectivity index (χ1v) is 25.7. The average molecular weight is 918 g/mol. The Hall–Kier alpha value is -7.23. The Balaban J connectivity index is 1.24. The van der Waals surface area contributed by atoms with Crippen LogP contribution in [-0.2, 0) is 5.41 Å². The number of anilines is 2. The molecule has 0 amide bonds. The summed E-state index contributed by atoms with van der Waals surface area (Å²) in [6, 6.07) is 17.7. The van der Waals surface area contributed by atoms with E-state index in [1.807, 2.05) is 59.2 Å². The van der Waals surface area contributed by atoms with Gasteiger partial charge in [-0.1, -0.05) is 18.2 Å². The van der Waals surface area contributed by atoms with Gasteiger partial charge in [0.1, 0.15) is 0 Å². The van der Waals surface area contributed by atoms with Crippen molar-refractivity contribution in [3.05, 3.63) is 206 Å². The number of hydrogen-bond acceptors (Lipinski definition) is 6. The van der Waals surface area contributed by atoms with E-state index in [4.69, 9.17) is 32.3 Å². The SMILES string of the molecule is [2H]c1c([2H])c([2H])[c]([Ge]([c]2cccc(-c3nc(N4c5cncnc5C5(C)CCCCC45C)nc(-n4c5ccccc5c5ccc(-c6ccccc6)cc54)n3)c2)([c]2c([2H])c([2H])c([2H])c([2H])c2[2H])[c]2c([2H])c([2H])c([2H])c([2H])c2[2H])c([2H])c1[2H]. The molecule has 0 radical (unpaired) electrons. The summed E-state index contributed by atoms with van der Waals surface area (Å²) < 4.78 is 138. The number of hydrogen-bond donors (Lipinski definition) is 0. The number of rotatable bonds is 8. The van der Waals surface area contributed by atoms with Gasteiger partial charge in [0.2, 0.25) is 0 Å². The molecule has 7 aromatic carbocycles. The van der Waals surface area contributed by atoms with Gasteiger partial charge in [-0.2, -0.15) is 0 Å². The molecular weight excluding hydrogens is 855 g/mol. The maximum absolute atomic E-state index is 9.66. The van der Waals surface area contributed by atoms with Crippen molar-refractivity contribution < 1.29 is 20.6 Å². The van der Waals surface area contributed by atoms with Crippen molar-refractivity contribution in [2.75, 3.05) is 4.90 Å². The van der Waals surface area contributed by atoms with Crippen molar-refractivity contribution in [1.29, 1.82) is 0 Å². The van der Waals surface area contributed by atoms with Crippen molar-refractivity contribution in [3.63, 3.8) is 0 Å². The standard InChI is InChI=1S/C57H47GeN7/c1-56-34-17-18-35-57(56,2)65(51-38-59-39-60-52(51)56)55-62-53(61-54(63-55)64-49-31-16-15-30-47(49)48-33-32-41(37-50(48)64)40-20-7-3-8-21-40)42-22-19-29-46(36-42)58(43-23-9-4-10-24-43,44-25-11-5-12-26-44)45-27-13-6-14-28-45/h3-16,19-33,36-39H,17-18,34-35H2,1-2H3/i4D,5D,6D,9D,10D,11D,12D,13D,14D,23D,24D,25D,26D,27D,28D. The molecule has 0 saturated heterocycles. The molecule has 65 heavy (non-hydrogen) atoms. The summed E-state index contributed by atoms with van der Waals surface area (Å²) in [4.78, 5) is 27.6. The van der Waals surface area contributed by atoms with Gasteiger partial charge < -0.3 is 0 Å². The topological polar surface area (TPSA) is 72.6 Å². The van der Waals surface area contributed by atoms with E-state index >= 15 is 0 Å². The zero-order valence-corrected chi connectivity index (χ0v) is 37.4. The van der Waals surface area contributed by atoms with Gasteiger partial charge in [-0.05, 0) is 0 Å². The molecule has 1 fully saturated rings. The van der Waals surface area contributed by atoms with Crippen LogP contribution in [0.15, 0.2) is 200 Å². The molecule has 3 aromatic heterocycles. The number of fused-ring (bicyclic) bond motifs is 6. The second-order valence-electron chi connectivity index (χ2n) is 16.9. The van der Waals surface area contributed by atoms with Crippen molar-refractivity contribution >= 4 is 64.3 Å². The molecule has 8 heteroatoms. The second-order valence-corrected chi connectivity index (χ2v) is 24.5. The van der Waals surface area contributed by atoms with E-state index in [1.54, 1.807) is 24.7 Å². The molecule has 314 valence electrons. The fourth-order valence-electron chi connectivity index (χ4n) is 10.4. The van der Waals surface area contributed by atoms with Crippen LogP contribution in [0.3, 0.4) is 0 Å². The van der Waals surface area contributed by atoms with Gasteiger partial charge in [0, 0.05) is 0 Å². The van der Waals surface area contributed by atoms with E-state index < -0.39 is 128 Å². The molecule has 12 rings (SSSR count). The zero-order valence-electron chi connectivity index (χ0n) is 50.4. The van der Waals surface area contributed by atoms with E-state index in [-0.39, 0.29) is 27.7 Å². The molecule has 0 bridgehead atoms. The van der Waals surface area contributed by atoms with Gasteiger partial charge in [0.05, 0.1) is 0 Å². The van der Waals surface area contributed by atoms with Gasteiger partial charge in [-0.25, -0.2) is 0 Å². The zero-order chi connectivity index (χ0) is 56.6. The molecule has 2 atom stereocenters. The molecule has 1 aliphatic heterocycles. The summed E-state index contributed by atoms with van der Waals surface area (Å²) in [6.45, 7) is 4.37. The third kappa shape index (κ3) is 6.05. The van der Waals surface area contributed by atoms with E-state index in [1.165, 1.54) is 12.1 Å². The van der Waals surface area contributed by atoms with Crippen LogP contribution >= 0.6 is 0 Å². The molecular formula is C57H47GeN7. The summed E-state index contributed by atoms with van der Waals surface area (Å²) in [5.74, 6) is 0.454. The van der Waals surface area contributed by atoms with Gasteiger partial charge >= 0.3 is 386 Å². The number of benzene rings is 7. The van der Waals surface area contributed by atoms with E-state index in [9.17, 15) is 8.22 Å². The molecule has 1 saturated carbocycles. The van der Waals surface area contributed by atoms with Crippen LogP contribution in [0, 0.1) is 0 Å². The van der Waals surface area contributed by atoms with Gasteiger partial charge in [-0.3, -0.25) is 0 Å². The Morgan fingerprint density at radius 2 is 1.18 bits per heavy atom. The first-order valence-electron chi connectivity index (χ1n) is 29.0. The number of para-hydroxylation sites is 1. The second kappa shape index (κ2) is 15.5. The van der Waals surface area contributed by atoms with Gasteiger partial charge in [0.25, 0.3) is 0 Å². The van der Waals surface area contributed by atoms with Crippen molar-refractivity contribution in [2.24, 2.45) is 0 Å². The van der Waals surface area contributed by atoms with Crippen molar-refractivity contribution in [2.45, 2.75) is 50.5 Å². The van der Waals surface area contributed by atoms with Gasteiger partial charge in [-0.15, -0.1) is 0 Å². The normalized spacial score (nSPS) is 21.4. The maximum atomic E-state index is 9.66. The summed E-state index contributed by atoms with van der Waals surface area (Å²) in [7, 11) is 0. The Bertz CT molecular complexity index is 4040. The van der Waals surface area contributed by atoms with E-state index in [0.29, 0.717) is 5.69 Å². The van der Waals surface area contributed by atoms with Crippen LogP contribution in [0.2, 0.25) is 0 Å². The molecule has 10 aromatic rings. The molecule has 0 spiro atoms. The quantitative estimate of drug-likeness (QED) is 0.141. The predicted octanol–water partition coefficient (Wildman–Crippen LogP) is 10.2. The van der Waals surface area contributed by atoms with E-state index in [0.717, 1.165) is 64.3 Å². The fraction of sp³-hybridized carbons (Fsp3) is 0.140. The molecule has 2 aliphatic rings. The fourth-order valence-corrected chi connectivity index (χ4v) is 18.5. The van der Waals surface area contributed by atoms with E-state index in [2.05, 4.69) is 41.9 Å². The minimum atomic E-state index is -6.41. The Morgan fingerprint density at radius 3 is 1.91 bits per heavy atom. The average Bonchev–Trinajstić information content (AvgIpc) is 3.92. The van der Waals surface area contributed by atoms with Crippen molar-refractivity contribution in [1.82, 2.24) is 29.5 Å². The Kier molecular flexibility index (Phi) is 6.32. The third-order valence-corrected chi connectivity index (χ3v) is 22.5. The predicted molar refractivity (Wildman–Crippen MR) is 267 cm³/mol. The van der Waals surface area contributed by atoms with Crippen LogP contribution in [0.1, 0.15) is 65.8 Å². The molecule has 7 nitrogen and oxygen atoms in total. The molecule has 1 aliphatic carbocycles. The third-order valence-electron chi connectivity index (χ3n) is 13.7. The van der Waals surface area contributed by atoms with Crippen LogP contribution in [0.25, 0.3) is 50.3 Å². The van der Waals surface area contributed by atoms with Crippen molar-refractivity contribution in [3.8, 4) is 28.5 Å². The summed E-state index contributed by atoms with van der Waals surface area (Å²) in [6.07, 6.45) is 6.69. The van der Waals surface area contributed by atoms with Crippen LogP contribution < -0.4 is 22.5 Å². The summed E-state index contributed by atoms with van der Waals surface area (Å²) >= 11 is -6.41. The first-order chi connectivity index (χ1) is 38.2. The summed E-state index contributed by atoms with van der Waals surface area (Å²) in [5, 5.41) is 1.82. The number of nitrogens with zero attached hydrogens (tertiary/aromatic N) is 7. The monoisotopic (exact) mass is 918 g/mol.